The van der Waals surface area contributed by atoms with Gasteiger partial charge in [0.05, 0.1) is 10.8 Å². The van der Waals surface area contributed by atoms with Gasteiger partial charge in [0.15, 0.2) is 14.8 Å². The molecule has 10 heteroatoms. The van der Waals surface area contributed by atoms with Crippen LogP contribution in [0, 0.1) is 0 Å². The van der Waals surface area contributed by atoms with Crippen molar-refractivity contribution in [2.24, 2.45) is 5.84 Å². The summed E-state index contributed by atoms with van der Waals surface area (Å²) in [7, 11) is -3.53. The summed E-state index contributed by atoms with van der Waals surface area (Å²) in [5.41, 5.74) is 2.25. The SMILES string of the molecule is CC(C)(C(NN)c1cnc(C(F)(F)F)s1)S(C)(=O)=O. The van der Waals surface area contributed by atoms with Crippen LogP contribution in [0.5, 0.6) is 0 Å². The molecule has 1 atom stereocenters. The van der Waals surface area contributed by atoms with Crippen molar-refractivity contribution in [3.05, 3.63) is 16.1 Å². The van der Waals surface area contributed by atoms with Gasteiger partial charge in [-0.2, -0.15) is 13.2 Å². The Morgan fingerprint density at radius 2 is 1.95 bits per heavy atom. The molecule has 0 spiro atoms. The summed E-state index contributed by atoms with van der Waals surface area (Å²) in [6.45, 7) is 2.78. The maximum atomic E-state index is 12.5. The van der Waals surface area contributed by atoms with Gasteiger partial charge in [-0.05, 0) is 13.8 Å². The largest absolute Gasteiger partial charge is 0.443 e. The number of thiazole rings is 1. The Morgan fingerprint density at radius 1 is 1.42 bits per heavy atom. The van der Waals surface area contributed by atoms with Gasteiger partial charge in [0.25, 0.3) is 0 Å². The summed E-state index contributed by atoms with van der Waals surface area (Å²) in [5.74, 6) is 5.29. The smallest absolute Gasteiger partial charge is 0.271 e. The predicted octanol–water partition coefficient (Wildman–Crippen LogP) is 1.49. The minimum atomic E-state index is -4.56. The number of halogens is 3. The van der Waals surface area contributed by atoms with E-state index >= 15 is 0 Å². The van der Waals surface area contributed by atoms with E-state index in [1.165, 1.54) is 13.8 Å². The van der Waals surface area contributed by atoms with E-state index in [0.717, 1.165) is 12.5 Å². The Balaban J connectivity index is 3.23. The number of nitrogens with zero attached hydrogens (tertiary/aromatic N) is 1. The maximum absolute atomic E-state index is 12.5. The highest BCUT2D eigenvalue weighted by Gasteiger charge is 2.42. The van der Waals surface area contributed by atoms with Crippen molar-refractivity contribution in [3.8, 4) is 0 Å². The van der Waals surface area contributed by atoms with Crippen LogP contribution in [0.3, 0.4) is 0 Å². The van der Waals surface area contributed by atoms with E-state index in [1.807, 2.05) is 0 Å². The van der Waals surface area contributed by atoms with Crippen LogP contribution in [0.1, 0.15) is 29.8 Å². The number of nitrogens with one attached hydrogen (secondary N) is 1. The summed E-state index contributed by atoms with van der Waals surface area (Å²) in [6.07, 6.45) is -2.56. The van der Waals surface area contributed by atoms with Gasteiger partial charge in [0.2, 0.25) is 0 Å². The van der Waals surface area contributed by atoms with E-state index in [1.54, 1.807) is 0 Å². The lowest BCUT2D eigenvalue weighted by Gasteiger charge is -2.31. The molecule has 0 saturated carbocycles. The van der Waals surface area contributed by atoms with Crippen molar-refractivity contribution in [2.45, 2.75) is 30.8 Å². The van der Waals surface area contributed by atoms with E-state index in [-0.39, 0.29) is 4.88 Å². The van der Waals surface area contributed by atoms with Crippen molar-refractivity contribution in [2.75, 3.05) is 6.26 Å². The molecule has 1 aromatic rings. The van der Waals surface area contributed by atoms with Gasteiger partial charge in [-0.3, -0.25) is 11.3 Å². The van der Waals surface area contributed by atoms with Gasteiger partial charge in [0, 0.05) is 17.3 Å². The molecule has 0 bridgehead atoms. The molecule has 1 rings (SSSR count). The molecule has 0 amide bonds. The Morgan fingerprint density at radius 3 is 2.26 bits per heavy atom. The normalized spacial score (nSPS) is 15.5. The fourth-order valence-electron chi connectivity index (χ4n) is 1.39. The topological polar surface area (TPSA) is 85.1 Å². The number of nitrogens with two attached hydrogens (primary N) is 1. The quantitative estimate of drug-likeness (QED) is 0.649. The third kappa shape index (κ3) is 3.25. The number of alkyl halides is 3. The third-order valence-corrected chi connectivity index (χ3v) is 6.12. The van der Waals surface area contributed by atoms with Crippen LogP contribution in [0.15, 0.2) is 6.20 Å². The Labute approximate surface area is 112 Å². The zero-order valence-electron chi connectivity index (χ0n) is 10.4. The van der Waals surface area contributed by atoms with Crippen molar-refractivity contribution < 1.29 is 21.6 Å². The van der Waals surface area contributed by atoms with Gasteiger partial charge in [-0.1, -0.05) is 0 Å². The van der Waals surface area contributed by atoms with Crippen LogP contribution < -0.4 is 11.3 Å². The minimum Gasteiger partial charge on any atom is -0.271 e. The Bertz CT molecular complexity index is 551. The molecular formula is C9H14F3N3O2S2. The van der Waals surface area contributed by atoms with Gasteiger partial charge in [-0.15, -0.1) is 11.3 Å². The standard InChI is InChI=1S/C9H14F3N3O2S2/c1-8(2,19(3,16)17)6(15-13)5-4-14-7(18-5)9(10,11)12/h4,6,15H,13H2,1-3H3. The molecule has 110 valence electrons. The molecule has 1 unspecified atom stereocenters. The maximum Gasteiger partial charge on any atom is 0.443 e. The molecular weight excluding hydrogens is 303 g/mol. The van der Waals surface area contributed by atoms with Crippen molar-refractivity contribution in [1.82, 2.24) is 10.4 Å². The highest BCUT2D eigenvalue weighted by Crippen LogP contribution is 2.38. The van der Waals surface area contributed by atoms with Crippen molar-refractivity contribution >= 4 is 21.2 Å². The molecule has 0 radical (unpaired) electrons. The summed E-state index contributed by atoms with van der Waals surface area (Å²) in [5, 5.41) is -1.04. The highest BCUT2D eigenvalue weighted by atomic mass is 32.2. The van der Waals surface area contributed by atoms with E-state index < -0.39 is 31.8 Å². The molecule has 0 fully saturated rings. The Hall–Kier alpha value is -0.710. The second kappa shape index (κ2) is 5.00. The number of aromatic nitrogens is 1. The highest BCUT2D eigenvalue weighted by molar-refractivity contribution is 7.92. The number of rotatable bonds is 4. The third-order valence-electron chi connectivity index (χ3n) is 2.87. The molecule has 0 aromatic carbocycles. The number of hydrogen-bond acceptors (Lipinski definition) is 6. The average molecular weight is 317 g/mol. The lowest BCUT2D eigenvalue weighted by molar-refractivity contribution is -0.137. The van der Waals surface area contributed by atoms with Gasteiger partial charge in [0.1, 0.15) is 0 Å². The molecule has 0 aliphatic carbocycles. The molecule has 1 aromatic heterocycles. The number of hydrazine groups is 1. The molecule has 5 nitrogen and oxygen atoms in total. The minimum absolute atomic E-state index is 0.116. The second-order valence-corrected chi connectivity index (χ2v) is 8.20. The van der Waals surface area contributed by atoms with Crippen LogP contribution in [-0.2, 0) is 16.0 Å². The van der Waals surface area contributed by atoms with E-state index in [9.17, 15) is 21.6 Å². The summed E-state index contributed by atoms with van der Waals surface area (Å²) < 4.78 is 59.5. The average Bonchev–Trinajstić information content (AvgIpc) is 2.65. The van der Waals surface area contributed by atoms with Gasteiger partial charge in [-0.25, -0.2) is 13.4 Å². The van der Waals surface area contributed by atoms with E-state index in [4.69, 9.17) is 5.84 Å². The first kappa shape index (κ1) is 16.3. The van der Waals surface area contributed by atoms with Crippen LogP contribution in [-0.4, -0.2) is 24.4 Å². The summed E-state index contributed by atoms with van der Waals surface area (Å²) in [6, 6.07) is -0.976. The Kier molecular flexibility index (Phi) is 4.30. The van der Waals surface area contributed by atoms with Crippen LogP contribution in [0.25, 0.3) is 0 Å². The predicted molar refractivity (Wildman–Crippen MR) is 66.1 cm³/mol. The first-order chi connectivity index (χ1) is 8.41. The molecule has 0 aliphatic heterocycles. The van der Waals surface area contributed by atoms with Crippen molar-refractivity contribution in [1.29, 1.82) is 0 Å². The first-order valence-electron chi connectivity index (χ1n) is 5.10. The van der Waals surface area contributed by atoms with Crippen LogP contribution in [0.4, 0.5) is 13.2 Å². The van der Waals surface area contributed by atoms with Gasteiger partial charge < -0.3 is 0 Å². The lowest BCUT2D eigenvalue weighted by atomic mass is 10.0. The van der Waals surface area contributed by atoms with Gasteiger partial charge >= 0.3 is 6.18 Å². The van der Waals surface area contributed by atoms with E-state index in [2.05, 4.69) is 10.4 Å². The summed E-state index contributed by atoms with van der Waals surface area (Å²) in [4.78, 5) is 3.37. The number of hydrogen-bond donors (Lipinski definition) is 2. The zero-order valence-corrected chi connectivity index (χ0v) is 12.1. The summed E-state index contributed by atoms with van der Waals surface area (Å²) >= 11 is 0.372. The van der Waals surface area contributed by atoms with E-state index in [0.29, 0.717) is 11.3 Å². The second-order valence-electron chi connectivity index (χ2n) is 4.54. The fourth-order valence-corrected chi connectivity index (χ4v) is 3.12. The monoisotopic (exact) mass is 317 g/mol. The first-order valence-corrected chi connectivity index (χ1v) is 7.80. The van der Waals surface area contributed by atoms with Crippen LogP contribution >= 0.6 is 11.3 Å². The number of sulfone groups is 1. The lowest BCUT2D eigenvalue weighted by Crippen LogP contribution is -2.47. The molecule has 3 N–H and O–H groups in total. The molecule has 19 heavy (non-hydrogen) atoms. The zero-order chi connectivity index (χ0) is 15.1. The molecule has 0 saturated heterocycles. The fraction of sp³-hybridized carbons (Fsp3) is 0.667. The van der Waals surface area contributed by atoms with Crippen molar-refractivity contribution in [3.63, 3.8) is 0 Å². The molecule has 0 aliphatic rings. The molecule has 1 heterocycles. The van der Waals surface area contributed by atoms with Crippen LogP contribution in [0.2, 0.25) is 0 Å².